The normalized spacial score (nSPS) is 15.6. The van der Waals surface area contributed by atoms with Crippen LogP contribution in [0.2, 0.25) is 0 Å². The topological polar surface area (TPSA) is 30.3 Å². The van der Waals surface area contributed by atoms with Gasteiger partial charge in [0.15, 0.2) is 5.96 Å². The molecule has 1 saturated heterocycles. The first-order valence-corrected chi connectivity index (χ1v) is 4.41. The Morgan fingerprint density at radius 3 is 2.29 bits per heavy atom. The van der Waals surface area contributed by atoms with Crippen molar-refractivity contribution in [2.75, 3.05) is 25.0 Å². The van der Waals surface area contributed by atoms with Gasteiger partial charge in [-0.2, -0.15) is 0 Å². The third-order valence-corrected chi connectivity index (χ3v) is 2.34. The van der Waals surface area contributed by atoms with E-state index in [2.05, 4.69) is 0 Å². The predicted molar refractivity (Wildman–Crippen MR) is 61.4 cm³/mol. The molecule has 1 heterocycles. The maximum absolute atomic E-state index is 7.80. The molecule has 1 aromatic rings. The highest BCUT2D eigenvalue weighted by Gasteiger charge is 2.22. The van der Waals surface area contributed by atoms with Crippen LogP contribution >= 0.6 is 12.4 Å². The fourth-order valence-electron chi connectivity index (χ4n) is 1.53. The van der Waals surface area contributed by atoms with E-state index in [0.29, 0.717) is 5.96 Å². The molecule has 0 aromatic heterocycles. The largest absolute Gasteiger partial charge is 0.344 e. The first kappa shape index (κ1) is 10.9. The molecule has 1 aromatic carbocycles. The van der Waals surface area contributed by atoms with Crippen molar-refractivity contribution in [3.8, 4) is 0 Å². The van der Waals surface area contributed by atoms with E-state index in [0.717, 1.165) is 18.8 Å². The van der Waals surface area contributed by atoms with Gasteiger partial charge in [-0.25, -0.2) is 0 Å². The van der Waals surface area contributed by atoms with Crippen molar-refractivity contribution >= 4 is 24.1 Å². The Balaban J connectivity index is 0.000000980. The van der Waals surface area contributed by atoms with Gasteiger partial charge in [0.2, 0.25) is 0 Å². The summed E-state index contributed by atoms with van der Waals surface area (Å²) in [6.07, 6.45) is 0. The van der Waals surface area contributed by atoms with E-state index in [1.165, 1.54) is 0 Å². The Kier molecular flexibility index (Phi) is 3.36. The Hall–Kier alpha value is -1.22. The summed E-state index contributed by atoms with van der Waals surface area (Å²) in [5.74, 6) is 0.589. The molecule has 14 heavy (non-hydrogen) atoms. The van der Waals surface area contributed by atoms with Crippen molar-refractivity contribution in [1.82, 2.24) is 4.90 Å². The molecule has 0 saturated carbocycles. The number of halogens is 1. The van der Waals surface area contributed by atoms with Crippen LogP contribution in [0.4, 0.5) is 5.69 Å². The number of nitrogens with one attached hydrogen (secondary N) is 1. The summed E-state index contributed by atoms with van der Waals surface area (Å²) in [7, 11) is 1.95. The number of nitrogens with zero attached hydrogens (tertiary/aromatic N) is 2. The second-order valence-electron chi connectivity index (χ2n) is 3.23. The standard InChI is InChI=1S/C10H13N3.ClH/c1-12-7-8-13(10(12)11)9-5-3-2-4-6-9;/h2-6,11H,7-8H2,1H3;1H. The van der Waals surface area contributed by atoms with E-state index in [1.807, 2.05) is 47.2 Å². The van der Waals surface area contributed by atoms with E-state index in [4.69, 9.17) is 5.41 Å². The molecule has 3 nitrogen and oxygen atoms in total. The van der Waals surface area contributed by atoms with E-state index in [9.17, 15) is 0 Å². The Bertz CT molecular complexity index is 312. The zero-order valence-electron chi connectivity index (χ0n) is 8.10. The summed E-state index contributed by atoms with van der Waals surface area (Å²) in [6, 6.07) is 10.1. The molecule has 0 spiro atoms. The Morgan fingerprint density at radius 1 is 1.14 bits per heavy atom. The molecule has 0 bridgehead atoms. The molecule has 1 fully saturated rings. The summed E-state index contributed by atoms with van der Waals surface area (Å²) in [6.45, 7) is 1.85. The van der Waals surface area contributed by atoms with Gasteiger partial charge in [-0.1, -0.05) is 18.2 Å². The highest BCUT2D eigenvalue weighted by Crippen LogP contribution is 2.17. The van der Waals surface area contributed by atoms with E-state index < -0.39 is 0 Å². The van der Waals surface area contributed by atoms with Crippen LogP contribution in [0.15, 0.2) is 30.3 Å². The number of hydrogen-bond acceptors (Lipinski definition) is 1. The lowest BCUT2D eigenvalue weighted by Crippen LogP contribution is -2.29. The van der Waals surface area contributed by atoms with Crippen LogP contribution in [0.1, 0.15) is 0 Å². The van der Waals surface area contributed by atoms with Crippen molar-refractivity contribution in [3.63, 3.8) is 0 Å². The summed E-state index contributed by atoms with van der Waals surface area (Å²) in [4.78, 5) is 3.97. The van der Waals surface area contributed by atoms with Gasteiger partial charge in [-0.05, 0) is 12.1 Å². The highest BCUT2D eigenvalue weighted by atomic mass is 35.5. The fraction of sp³-hybridized carbons (Fsp3) is 0.300. The lowest BCUT2D eigenvalue weighted by Gasteiger charge is -2.18. The van der Waals surface area contributed by atoms with Crippen LogP contribution in [0.3, 0.4) is 0 Å². The van der Waals surface area contributed by atoms with Gasteiger partial charge in [0.25, 0.3) is 0 Å². The molecule has 0 unspecified atom stereocenters. The molecule has 0 atom stereocenters. The monoisotopic (exact) mass is 211 g/mol. The van der Waals surface area contributed by atoms with Gasteiger partial charge in [0.1, 0.15) is 0 Å². The summed E-state index contributed by atoms with van der Waals surface area (Å²) < 4.78 is 0. The van der Waals surface area contributed by atoms with Gasteiger partial charge in [-0.15, -0.1) is 12.4 Å². The summed E-state index contributed by atoms with van der Waals surface area (Å²) in [5, 5.41) is 7.80. The Labute approximate surface area is 90.2 Å². The second kappa shape index (κ2) is 4.33. The smallest absolute Gasteiger partial charge is 0.198 e. The molecule has 2 rings (SSSR count). The van der Waals surface area contributed by atoms with Gasteiger partial charge < -0.3 is 9.80 Å². The number of para-hydroxylation sites is 1. The lowest BCUT2D eigenvalue weighted by molar-refractivity contribution is 0.560. The number of likely N-dealkylation sites (N-methyl/N-ethyl adjacent to an activating group) is 1. The van der Waals surface area contributed by atoms with Crippen LogP contribution in [-0.4, -0.2) is 31.0 Å². The third kappa shape index (κ3) is 1.82. The van der Waals surface area contributed by atoms with Crippen molar-refractivity contribution < 1.29 is 0 Å². The minimum absolute atomic E-state index is 0. The number of rotatable bonds is 1. The molecular formula is C10H14ClN3. The quantitative estimate of drug-likeness (QED) is 0.768. The predicted octanol–water partition coefficient (Wildman–Crippen LogP) is 1.79. The molecule has 1 aliphatic heterocycles. The molecular weight excluding hydrogens is 198 g/mol. The van der Waals surface area contributed by atoms with Gasteiger partial charge in [0.05, 0.1) is 0 Å². The SMILES string of the molecule is CN1CCN(c2ccccc2)C1=N.Cl. The molecule has 0 aliphatic carbocycles. The Morgan fingerprint density at radius 2 is 1.79 bits per heavy atom. The van der Waals surface area contributed by atoms with Crippen LogP contribution in [0.5, 0.6) is 0 Å². The molecule has 76 valence electrons. The number of anilines is 1. The second-order valence-corrected chi connectivity index (χ2v) is 3.23. The van der Waals surface area contributed by atoms with Crippen molar-refractivity contribution in [3.05, 3.63) is 30.3 Å². The minimum atomic E-state index is 0. The first-order valence-electron chi connectivity index (χ1n) is 4.41. The third-order valence-electron chi connectivity index (χ3n) is 2.34. The van der Waals surface area contributed by atoms with E-state index in [-0.39, 0.29) is 12.4 Å². The number of hydrogen-bond donors (Lipinski definition) is 1. The zero-order valence-corrected chi connectivity index (χ0v) is 8.92. The zero-order chi connectivity index (χ0) is 9.26. The van der Waals surface area contributed by atoms with Crippen molar-refractivity contribution in [2.24, 2.45) is 0 Å². The molecule has 1 N–H and O–H groups in total. The molecule has 0 amide bonds. The van der Waals surface area contributed by atoms with Crippen LogP contribution < -0.4 is 4.90 Å². The number of benzene rings is 1. The molecule has 4 heteroatoms. The van der Waals surface area contributed by atoms with Crippen molar-refractivity contribution in [1.29, 1.82) is 5.41 Å². The van der Waals surface area contributed by atoms with Crippen molar-refractivity contribution in [2.45, 2.75) is 0 Å². The van der Waals surface area contributed by atoms with E-state index >= 15 is 0 Å². The van der Waals surface area contributed by atoms with Gasteiger partial charge in [-0.3, -0.25) is 5.41 Å². The highest BCUT2D eigenvalue weighted by molar-refractivity contribution is 5.95. The van der Waals surface area contributed by atoms with Crippen LogP contribution in [0.25, 0.3) is 0 Å². The minimum Gasteiger partial charge on any atom is -0.344 e. The van der Waals surface area contributed by atoms with Crippen LogP contribution in [-0.2, 0) is 0 Å². The first-order chi connectivity index (χ1) is 6.29. The van der Waals surface area contributed by atoms with Gasteiger partial charge in [0, 0.05) is 25.8 Å². The van der Waals surface area contributed by atoms with E-state index in [1.54, 1.807) is 0 Å². The average Bonchev–Trinajstić information content (AvgIpc) is 2.49. The van der Waals surface area contributed by atoms with Crippen LogP contribution in [0, 0.1) is 5.41 Å². The summed E-state index contributed by atoms with van der Waals surface area (Å²) in [5.41, 5.74) is 1.11. The fourth-order valence-corrected chi connectivity index (χ4v) is 1.53. The molecule has 1 aliphatic rings. The molecule has 0 radical (unpaired) electrons. The average molecular weight is 212 g/mol. The lowest BCUT2D eigenvalue weighted by atomic mass is 10.3. The maximum atomic E-state index is 7.80. The summed E-state index contributed by atoms with van der Waals surface area (Å²) >= 11 is 0. The maximum Gasteiger partial charge on any atom is 0.198 e. The van der Waals surface area contributed by atoms with Gasteiger partial charge >= 0.3 is 0 Å². The number of guanidine groups is 1.